The summed E-state index contributed by atoms with van der Waals surface area (Å²) in [5, 5.41) is 0. The molecule has 100 valence electrons. The number of ether oxygens (including phenoxy) is 3. The van der Waals surface area contributed by atoms with Crippen molar-refractivity contribution in [3.8, 4) is 17.2 Å². The Bertz CT molecular complexity index is 437. The Morgan fingerprint density at radius 2 is 1.61 bits per heavy atom. The summed E-state index contributed by atoms with van der Waals surface area (Å²) < 4.78 is 15.4. The summed E-state index contributed by atoms with van der Waals surface area (Å²) in [6, 6.07) is 2.22. The van der Waals surface area contributed by atoms with Crippen LogP contribution < -0.4 is 31.2 Å². The molecule has 1 atom stereocenters. The van der Waals surface area contributed by atoms with E-state index in [0.29, 0.717) is 22.8 Å². The summed E-state index contributed by atoms with van der Waals surface area (Å²) >= 11 is 0. The Hall–Kier alpha value is -1.99. The lowest BCUT2D eigenvalue weighted by Crippen LogP contribution is -2.38. The van der Waals surface area contributed by atoms with Crippen molar-refractivity contribution in [1.82, 2.24) is 5.43 Å². The molecule has 5 N–H and O–H groups in total. The fourth-order valence-corrected chi connectivity index (χ4v) is 1.53. The standard InChI is InChI=1S/C11H17N3O4/c1-16-7-5-9(18-3)8(17-2)4-6(7)10(12)11(15)14-13/h4-5,10H,12-13H2,1-3H3,(H,14,15). The number of nitrogens with two attached hydrogens (primary N) is 2. The Balaban J connectivity index is 3.29. The highest BCUT2D eigenvalue weighted by Gasteiger charge is 2.22. The second kappa shape index (κ2) is 6.08. The van der Waals surface area contributed by atoms with E-state index in [0.717, 1.165) is 0 Å². The van der Waals surface area contributed by atoms with Crippen LogP contribution in [-0.2, 0) is 4.79 Å². The highest BCUT2D eigenvalue weighted by molar-refractivity contribution is 5.83. The van der Waals surface area contributed by atoms with Crippen molar-refractivity contribution in [1.29, 1.82) is 0 Å². The van der Waals surface area contributed by atoms with Gasteiger partial charge >= 0.3 is 0 Å². The highest BCUT2D eigenvalue weighted by Crippen LogP contribution is 2.36. The fourth-order valence-electron chi connectivity index (χ4n) is 1.53. The molecule has 0 aliphatic rings. The van der Waals surface area contributed by atoms with Gasteiger partial charge in [0.1, 0.15) is 11.8 Å². The zero-order valence-electron chi connectivity index (χ0n) is 10.5. The van der Waals surface area contributed by atoms with Crippen molar-refractivity contribution in [2.45, 2.75) is 6.04 Å². The highest BCUT2D eigenvalue weighted by atomic mass is 16.5. The zero-order chi connectivity index (χ0) is 13.7. The summed E-state index contributed by atoms with van der Waals surface area (Å²) in [5.41, 5.74) is 8.22. The smallest absolute Gasteiger partial charge is 0.255 e. The number of hydrogen-bond donors (Lipinski definition) is 3. The fraction of sp³-hybridized carbons (Fsp3) is 0.364. The van der Waals surface area contributed by atoms with Crippen LogP contribution in [-0.4, -0.2) is 27.2 Å². The van der Waals surface area contributed by atoms with Crippen LogP contribution in [0.4, 0.5) is 0 Å². The molecule has 1 aromatic rings. The Morgan fingerprint density at radius 3 is 2.06 bits per heavy atom. The summed E-state index contributed by atoms with van der Waals surface area (Å²) in [6.07, 6.45) is 0. The first-order valence-corrected chi connectivity index (χ1v) is 5.15. The van der Waals surface area contributed by atoms with Crippen LogP contribution in [0.3, 0.4) is 0 Å². The molecule has 0 aromatic heterocycles. The molecule has 0 heterocycles. The number of hydrogen-bond acceptors (Lipinski definition) is 6. The summed E-state index contributed by atoms with van der Waals surface area (Å²) in [7, 11) is 4.46. The lowest BCUT2D eigenvalue weighted by Gasteiger charge is -2.17. The number of carbonyl (C=O) groups excluding carboxylic acids is 1. The largest absolute Gasteiger partial charge is 0.496 e. The molecule has 0 fully saturated rings. The van der Waals surface area contributed by atoms with E-state index in [2.05, 4.69) is 0 Å². The van der Waals surface area contributed by atoms with E-state index in [1.54, 1.807) is 12.1 Å². The van der Waals surface area contributed by atoms with Crippen LogP contribution in [0, 0.1) is 0 Å². The predicted molar refractivity (Wildman–Crippen MR) is 65.4 cm³/mol. The van der Waals surface area contributed by atoms with Crippen LogP contribution in [0.25, 0.3) is 0 Å². The first-order chi connectivity index (χ1) is 8.58. The molecule has 1 amide bonds. The molecule has 0 saturated carbocycles. The van der Waals surface area contributed by atoms with E-state index in [-0.39, 0.29) is 0 Å². The molecule has 18 heavy (non-hydrogen) atoms. The second-order valence-electron chi connectivity index (χ2n) is 3.44. The first kappa shape index (κ1) is 14.1. The number of methoxy groups -OCH3 is 3. The number of carbonyl (C=O) groups is 1. The van der Waals surface area contributed by atoms with Crippen LogP contribution in [0.15, 0.2) is 12.1 Å². The van der Waals surface area contributed by atoms with Crippen LogP contribution in [0.5, 0.6) is 17.2 Å². The maximum atomic E-state index is 11.4. The van der Waals surface area contributed by atoms with E-state index in [1.165, 1.54) is 21.3 Å². The summed E-state index contributed by atoms with van der Waals surface area (Å²) in [4.78, 5) is 11.4. The van der Waals surface area contributed by atoms with Crippen molar-refractivity contribution in [3.63, 3.8) is 0 Å². The van der Waals surface area contributed by atoms with Gasteiger partial charge in [-0.15, -0.1) is 0 Å². The minimum absolute atomic E-state index is 0.420. The Labute approximate surface area is 105 Å². The van der Waals surface area contributed by atoms with Gasteiger partial charge in [-0.3, -0.25) is 10.2 Å². The van der Waals surface area contributed by atoms with Crippen molar-refractivity contribution < 1.29 is 19.0 Å². The molecule has 0 aliphatic heterocycles. The van der Waals surface area contributed by atoms with Gasteiger partial charge in [-0.2, -0.15) is 0 Å². The monoisotopic (exact) mass is 255 g/mol. The topological polar surface area (TPSA) is 109 Å². The molecule has 0 saturated heterocycles. The average Bonchev–Trinajstić information content (AvgIpc) is 2.43. The number of rotatable bonds is 5. The molecule has 0 bridgehead atoms. The van der Waals surface area contributed by atoms with Crippen LogP contribution >= 0.6 is 0 Å². The Morgan fingerprint density at radius 1 is 1.11 bits per heavy atom. The third-order valence-corrected chi connectivity index (χ3v) is 2.50. The van der Waals surface area contributed by atoms with Gasteiger partial charge in [0, 0.05) is 11.6 Å². The van der Waals surface area contributed by atoms with Gasteiger partial charge < -0.3 is 19.9 Å². The van der Waals surface area contributed by atoms with Crippen molar-refractivity contribution >= 4 is 5.91 Å². The molecule has 0 spiro atoms. The molecule has 1 unspecified atom stereocenters. The van der Waals surface area contributed by atoms with Gasteiger partial charge in [-0.1, -0.05) is 0 Å². The number of amides is 1. The zero-order valence-corrected chi connectivity index (χ0v) is 10.5. The molecule has 1 aromatic carbocycles. The van der Waals surface area contributed by atoms with Gasteiger partial charge in [0.05, 0.1) is 21.3 Å². The number of benzene rings is 1. The predicted octanol–water partition coefficient (Wildman–Crippen LogP) is -0.298. The van der Waals surface area contributed by atoms with E-state index < -0.39 is 11.9 Å². The van der Waals surface area contributed by atoms with E-state index in [9.17, 15) is 4.79 Å². The Kier molecular flexibility index (Phi) is 4.75. The van der Waals surface area contributed by atoms with Crippen LogP contribution in [0.1, 0.15) is 11.6 Å². The number of nitrogens with one attached hydrogen (secondary N) is 1. The molecule has 0 aliphatic carbocycles. The molecule has 0 radical (unpaired) electrons. The van der Waals surface area contributed by atoms with Gasteiger partial charge in [-0.25, -0.2) is 5.84 Å². The maximum absolute atomic E-state index is 11.4. The third kappa shape index (κ3) is 2.63. The second-order valence-corrected chi connectivity index (χ2v) is 3.44. The van der Waals surface area contributed by atoms with Gasteiger partial charge in [0.15, 0.2) is 11.5 Å². The average molecular weight is 255 g/mol. The molecular formula is C11H17N3O4. The summed E-state index contributed by atoms with van der Waals surface area (Å²) in [6.45, 7) is 0. The minimum Gasteiger partial charge on any atom is -0.496 e. The van der Waals surface area contributed by atoms with Crippen molar-refractivity contribution in [2.75, 3.05) is 21.3 Å². The lowest BCUT2D eigenvalue weighted by molar-refractivity contribution is -0.122. The lowest BCUT2D eigenvalue weighted by atomic mass is 10.0. The molecule has 1 rings (SSSR count). The minimum atomic E-state index is -0.954. The van der Waals surface area contributed by atoms with Crippen LogP contribution in [0.2, 0.25) is 0 Å². The van der Waals surface area contributed by atoms with Gasteiger partial charge in [0.2, 0.25) is 0 Å². The molecular weight excluding hydrogens is 238 g/mol. The van der Waals surface area contributed by atoms with Crippen molar-refractivity contribution in [2.24, 2.45) is 11.6 Å². The quantitative estimate of drug-likeness (QED) is 0.379. The maximum Gasteiger partial charge on any atom is 0.255 e. The van der Waals surface area contributed by atoms with E-state index in [4.69, 9.17) is 25.8 Å². The number of hydrazine groups is 1. The van der Waals surface area contributed by atoms with E-state index in [1.807, 2.05) is 5.43 Å². The SMILES string of the molecule is COc1cc(OC)c(C(N)C(=O)NN)cc1OC. The molecule has 7 nitrogen and oxygen atoms in total. The van der Waals surface area contributed by atoms with Crippen molar-refractivity contribution in [3.05, 3.63) is 17.7 Å². The molecule has 7 heteroatoms. The van der Waals surface area contributed by atoms with Gasteiger partial charge in [0.25, 0.3) is 5.91 Å². The van der Waals surface area contributed by atoms with Gasteiger partial charge in [-0.05, 0) is 6.07 Å². The third-order valence-electron chi connectivity index (χ3n) is 2.50. The normalized spacial score (nSPS) is 11.6. The first-order valence-electron chi connectivity index (χ1n) is 5.15. The van der Waals surface area contributed by atoms with E-state index >= 15 is 0 Å². The summed E-state index contributed by atoms with van der Waals surface area (Å²) in [5.74, 6) is 5.88.